The smallest absolute Gasteiger partial charge is 0.295 e. The molecule has 1 aliphatic rings. The molecule has 2 heterocycles. The van der Waals surface area contributed by atoms with Crippen LogP contribution in [0.25, 0.3) is 5.76 Å². The van der Waals surface area contributed by atoms with Gasteiger partial charge in [0.15, 0.2) is 12.4 Å². The monoisotopic (exact) mass is 424 g/mol. The number of amides is 1. The summed E-state index contributed by atoms with van der Waals surface area (Å²) in [6, 6.07) is 7.87. The number of carbonyl (C=O) groups excluding carboxylic acids is 2. The third-order valence-electron chi connectivity index (χ3n) is 5.12. The SMILES string of the molecule is COCCN1C(=O)C(=O)C(=C([O-])c2ccc(OCC(C)C)c(C)c2)C1c1ccc[nH+]c1. The van der Waals surface area contributed by atoms with E-state index in [4.69, 9.17) is 9.47 Å². The Morgan fingerprint density at radius 2 is 2.03 bits per heavy atom. The predicted molar refractivity (Wildman–Crippen MR) is 113 cm³/mol. The fourth-order valence-electron chi connectivity index (χ4n) is 3.58. The minimum Gasteiger partial charge on any atom is -0.872 e. The Bertz CT molecular complexity index is 985. The van der Waals surface area contributed by atoms with Crippen molar-refractivity contribution in [3.8, 4) is 5.75 Å². The third-order valence-corrected chi connectivity index (χ3v) is 5.12. The van der Waals surface area contributed by atoms with E-state index < -0.39 is 23.5 Å². The Kier molecular flexibility index (Phi) is 7.07. The van der Waals surface area contributed by atoms with Crippen molar-refractivity contribution in [1.82, 2.24) is 4.90 Å². The van der Waals surface area contributed by atoms with E-state index in [0.717, 1.165) is 5.56 Å². The number of ketones is 1. The molecule has 7 nitrogen and oxygen atoms in total. The summed E-state index contributed by atoms with van der Waals surface area (Å²) in [6.45, 7) is 7.01. The number of H-pyrrole nitrogens is 1. The Morgan fingerprint density at radius 1 is 1.26 bits per heavy atom. The van der Waals surface area contributed by atoms with Crippen LogP contribution in [0.2, 0.25) is 0 Å². The van der Waals surface area contributed by atoms with Crippen LogP contribution in [0.1, 0.15) is 36.6 Å². The Morgan fingerprint density at radius 3 is 2.65 bits per heavy atom. The van der Waals surface area contributed by atoms with Crippen LogP contribution in [0.15, 0.2) is 48.3 Å². The van der Waals surface area contributed by atoms with E-state index in [1.807, 2.05) is 6.92 Å². The molecule has 1 aromatic heterocycles. The van der Waals surface area contributed by atoms with Gasteiger partial charge < -0.3 is 19.5 Å². The molecule has 3 rings (SSSR count). The molecule has 1 amide bonds. The highest BCUT2D eigenvalue weighted by Crippen LogP contribution is 2.38. The maximum atomic E-state index is 13.4. The number of aryl methyl sites for hydroxylation is 1. The highest BCUT2D eigenvalue weighted by molar-refractivity contribution is 6.46. The van der Waals surface area contributed by atoms with Crippen molar-refractivity contribution < 1.29 is 29.2 Å². The van der Waals surface area contributed by atoms with Crippen molar-refractivity contribution in [3.05, 3.63) is 65.0 Å². The average Bonchev–Trinajstić information content (AvgIpc) is 3.01. The quantitative estimate of drug-likeness (QED) is 0.365. The molecule has 0 aliphatic carbocycles. The molecule has 164 valence electrons. The summed E-state index contributed by atoms with van der Waals surface area (Å²) < 4.78 is 10.9. The van der Waals surface area contributed by atoms with Crippen LogP contribution in [-0.2, 0) is 14.3 Å². The number of likely N-dealkylation sites (tertiary alicyclic amines) is 1. The van der Waals surface area contributed by atoms with E-state index in [9.17, 15) is 14.7 Å². The van der Waals surface area contributed by atoms with Crippen LogP contribution in [0, 0.1) is 12.8 Å². The molecule has 1 unspecified atom stereocenters. The van der Waals surface area contributed by atoms with Gasteiger partial charge in [0.05, 0.1) is 19.3 Å². The van der Waals surface area contributed by atoms with E-state index in [0.29, 0.717) is 29.4 Å². The van der Waals surface area contributed by atoms with Gasteiger partial charge >= 0.3 is 0 Å². The number of benzene rings is 1. The second-order valence-corrected chi connectivity index (χ2v) is 7.99. The summed E-state index contributed by atoms with van der Waals surface area (Å²) >= 11 is 0. The topological polar surface area (TPSA) is 93.0 Å². The molecule has 1 N–H and O–H groups in total. The molecule has 0 radical (unpaired) electrons. The van der Waals surface area contributed by atoms with Gasteiger partial charge in [-0.2, -0.15) is 0 Å². The highest BCUT2D eigenvalue weighted by Gasteiger charge is 2.44. The number of hydrogen-bond donors (Lipinski definition) is 0. The summed E-state index contributed by atoms with van der Waals surface area (Å²) in [5.74, 6) is -0.846. The Hall–Kier alpha value is -3.19. The van der Waals surface area contributed by atoms with Gasteiger partial charge in [-0.3, -0.25) is 9.59 Å². The average molecular weight is 424 g/mol. The first-order valence-corrected chi connectivity index (χ1v) is 10.3. The van der Waals surface area contributed by atoms with Crippen LogP contribution in [-0.4, -0.2) is 43.5 Å². The second kappa shape index (κ2) is 9.75. The summed E-state index contributed by atoms with van der Waals surface area (Å²) in [6.07, 6.45) is 3.42. The molecular formula is C24H28N2O5. The number of rotatable bonds is 8. The number of ether oxygens (including phenoxy) is 2. The molecular weight excluding hydrogens is 396 g/mol. The highest BCUT2D eigenvalue weighted by atomic mass is 16.5. The molecule has 1 saturated heterocycles. The van der Waals surface area contributed by atoms with Crippen molar-refractivity contribution in [2.45, 2.75) is 26.8 Å². The zero-order valence-electron chi connectivity index (χ0n) is 18.3. The Labute approximate surface area is 182 Å². The second-order valence-electron chi connectivity index (χ2n) is 7.99. The number of aromatic amines is 1. The molecule has 31 heavy (non-hydrogen) atoms. The van der Waals surface area contributed by atoms with Crippen LogP contribution >= 0.6 is 0 Å². The van der Waals surface area contributed by atoms with Gasteiger partial charge in [0.1, 0.15) is 5.75 Å². The summed E-state index contributed by atoms with van der Waals surface area (Å²) in [5, 5.41) is 13.4. The maximum Gasteiger partial charge on any atom is 0.295 e. The lowest BCUT2D eigenvalue weighted by Crippen LogP contribution is -2.33. The van der Waals surface area contributed by atoms with Gasteiger partial charge in [0.2, 0.25) is 5.78 Å². The molecule has 2 aromatic rings. The minimum atomic E-state index is -0.771. The number of nitrogens with zero attached hydrogens (tertiary/aromatic N) is 1. The molecule has 1 aromatic carbocycles. The van der Waals surface area contributed by atoms with Crippen LogP contribution in [0.4, 0.5) is 0 Å². The van der Waals surface area contributed by atoms with Gasteiger partial charge in [-0.25, -0.2) is 4.98 Å². The zero-order valence-corrected chi connectivity index (χ0v) is 18.3. The summed E-state index contributed by atoms with van der Waals surface area (Å²) in [4.78, 5) is 30.0. The van der Waals surface area contributed by atoms with E-state index in [1.54, 1.807) is 42.7 Å². The lowest BCUT2D eigenvalue weighted by molar-refractivity contribution is -0.379. The minimum absolute atomic E-state index is 0.0454. The molecule has 1 fully saturated rings. The van der Waals surface area contributed by atoms with Crippen molar-refractivity contribution in [2.75, 3.05) is 26.9 Å². The van der Waals surface area contributed by atoms with Gasteiger partial charge in [0.25, 0.3) is 5.91 Å². The van der Waals surface area contributed by atoms with Crippen LogP contribution < -0.4 is 14.8 Å². The zero-order chi connectivity index (χ0) is 22.5. The predicted octanol–water partition coefficient (Wildman–Crippen LogP) is 1.71. The lowest BCUT2D eigenvalue weighted by atomic mass is 9.95. The fraction of sp³-hybridized carbons (Fsp3) is 0.375. The van der Waals surface area contributed by atoms with Gasteiger partial charge in [-0.1, -0.05) is 25.7 Å². The number of aromatic nitrogens is 1. The molecule has 0 saturated carbocycles. The van der Waals surface area contributed by atoms with Gasteiger partial charge in [-0.15, -0.1) is 0 Å². The standard InChI is InChI=1S/C24H28N2O5/c1-15(2)14-31-19-8-7-17(12-16(19)3)22(27)20-21(18-6-5-9-25-13-18)26(10-11-30-4)24(29)23(20)28/h5-9,12-13,15,21,27H,10-11,14H2,1-4H3. The maximum absolute atomic E-state index is 13.4. The largest absolute Gasteiger partial charge is 0.872 e. The lowest BCUT2D eigenvalue weighted by Gasteiger charge is -2.26. The molecule has 0 spiro atoms. The molecule has 1 atom stereocenters. The number of nitrogens with one attached hydrogen (secondary N) is 1. The van der Waals surface area contributed by atoms with E-state index in [2.05, 4.69) is 18.8 Å². The first-order valence-electron chi connectivity index (χ1n) is 10.3. The number of Topliss-reactive ketones (excluding diaryl/α,β-unsaturated/α-hetero) is 1. The summed E-state index contributed by atoms with van der Waals surface area (Å²) in [5.41, 5.74) is 1.76. The summed E-state index contributed by atoms with van der Waals surface area (Å²) in [7, 11) is 1.52. The number of carbonyl (C=O) groups is 2. The van der Waals surface area contributed by atoms with Crippen LogP contribution in [0.3, 0.4) is 0 Å². The normalized spacial score (nSPS) is 18.1. The van der Waals surface area contributed by atoms with E-state index in [-0.39, 0.29) is 18.7 Å². The first-order chi connectivity index (χ1) is 14.8. The van der Waals surface area contributed by atoms with Crippen molar-refractivity contribution >= 4 is 17.4 Å². The first kappa shape index (κ1) is 22.5. The molecule has 7 heteroatoms. The number of pyridine rings is 1. The van der Waals surface area contributed by atoms with Crippen LogP contribution in [0.5, 0.6) is 5.75 Å². The van der Waals surface area contributed by atoms with Crippen molar-refractivity contribution in [1.29, 1.82) is 0 Å². The van der Waals surface area contributed by atoms with Crippen molar-refractivity contribution in [3.63, 3.8) is 0 Å². The third kappa shape index (κ3) is 4.77. The molecule has 0 bridgehead atoms. The number of methoxy groups -OCH3 is 1. The van der Waals surface area contributed by atoms with E-state index in [1.165, 1.54) is 12.0 Å². The van der Waals surface area contributed by atoms with Crippen molar-refractivity contribution in [2.24, 2.45) is 5.92 Å². The van der Waals surface area contributed by atoms with E-state index >= 15 is 0 Å². The van der Waals surface area contributed by atoms with Gasteiger partial charge in [-0.05, 0) is 42.2 Å². The number of hydrogen-bond acceptors (Lipinski definition) is 5. The molecule has 1 aliphatic heterocycles. The Balaban J connectivity index is 2.05. The van der Waals surface area contributed by atoms with Gasteiger partial charge in [0, 0.05) is 30.9 Å². The fourth-order valence-corrected chi connectivity index (χ4v) is 3.58.